The summed E-state index contributed by atoms with van der Waals surface area (Å²) in [5.41, 5.74) is 0.523. The van der Waals surface area contributed by atoms with E-state index >= 15 is 0 Å². The molecule has 0 spiro atoms. The highest BCUT2D eigenvalue weighted by Gasteiger charge is 2.17. The van der Waals surface area contributed by atoms with Gasteiger partial charge in [0.05, 0.1) is 12.7 Å². The van der Waals surface area contributed by atoms with E-state index in [1.165, 1.54) is 0 Å². The van der Waals surface area contributed by atoms with Crippen molar-refractivity contribution in [3.05, 3.63) is 54.5 Å². The maximum Gasteiger partial charge on any atom is 0.257 e. The molecule has 7 nitrogen and oxygen atoms in total. The molecule has 0 radical (unpaired) electrons. The van der Waals surface area contributed by atoms with Crippen LogP contribution in [0.4, 0.5) is 0 Å². The Morgan fingerprint density at radius 3 is 2.90 bits per heavy atom. The van der Waals surface area contributed by atoms with Gasteiger partial charge in [-0.1, -0.05) is 0 Å². The Morgan fingerprint density at radius 2 is 2.20 bits per heavy atom. The molecule has 20 heavy (non-hydrogen) atoms. The van der Waals surface area contributed by atoms with Gasteiger partial charge in [0.2, 0.25) is 0 Å². The molecular formula is C13H14N6O. The van der Waals surface area contributed by atoms with Crippen LogP contribution in [0.3, 0.4) is 0 Å². The van der Waals surface area contributed by atoms with E-state index in [-0.39, 0.29) is 5.91 Å². The summed E-state index contributed by atoms with van der Waals surface area (Å²) in [7, 11) is 1.80. The normalized spacial score (nSPS) is 10.7. The molecule has 0 atom stereocenters. The summed E-state index contributed by atoms with van der Waals surface area (Å²) in [5.74, 6) is 1.26. The number of rotatable bonds is 4. The van der Waals surface area contributed by atoms with Gasteiger partial charge in [0.15, 0.2) is 0 Å². The second-order valence-electron chi connectivity index (χ2n) is 4.31. The lowest BCUT2D eigenvalue weighted by Crippen LogP contribution is -2.24. The van der Waals surface area contributed by atoms with Gasteiger partial charge in [0.1, 0.15) is 17.2 Å². The molecule has 0 aliphatic carbocycles. The topological polar surface area (TPSA) is 80.5 Å². The van der Waals surface area contributed by atoms with Gasteiger partial charge < -0.3 is 14.9 Å². The first-order valence-electron chi connectivity index (χ1n) is 6.17. The molecule has 0 bridgehead atoms. The first kappa shape index (κ1) is 12.2. The van der Waals surface area contributed by atoms with E-state index < -0.39 is 0 Å². The molecule has 3 rings (SSSR count). The maximum absolute atomic E-state index is 12.2. The van der Waals surface area contributed by atoms with Crippen molar-refractivity contribution >= 4 is 5.91 Å². The number of amides is 1. The largest absolute Gasteiger partial charge is 0.347 e. The fourth-order valence-corrected chi connectivity index (χ4v) is 2.03. The van der Waals surface area contributed by atoms with Crippen LogP contribution in [0, 0.1) is 0 Å². The van der Waals surface area contributed by atoms with Crippen molar-refractivity contribution in [2.75, 3.05) is 0 Å². The van der Waals surface area contributed by atoms with Crippen LogP contribution in [0.25, 0.3) is 5.82 Å². The molecule has 102 valence electrons. The van der Waals surface area contributed by atoms with Crippen LogP contribution in [-0.2, 0) is 13.6 Å². The first-order chi connectivity index (χ1) is 9.75. The molecule has 1 amide bonds. The summed E-state index contributed by atoms with van der Waals surface area (Å²) >= 11 is 0. The second-order valence-corrected chi connectivity index (χ2v) is 4.31. The van der Waals surface area contributed by atoms with Crippen LogP contribution in [0.5, 0.6) is 0 Å². The zero-order valence-corrected chi connectivity index (χ0v) is 10.9. The minimum atomic E-state index is -0.182. The standard InChI is InChI=1S/C13H14N6O/c1-18-13(19-6-2-3-7-19)10(8-17-18)12(20)16-9-11-14-4-5-15-11/h2-8H,9H2,1H3,(H,14,15)(H,16,20). The minimum absolute atomic E-state index is 0.182. The van der Waals surface area contributed by atoms with Gasteiger partial charge in [-0.05, 0) is 12.1 Å². The molecule has 0 saturated heterocycles. The number of aromatic amines is 1. The van der Waals surface area contributed by atoms with E-state index in [4.69, 9.17) is 0 Å². The van der Waals surface area contributed by atoms with Crippen molar-refractivity contribution in [2.45, 2.75) is 6.54 Å². The number of nitrogens with one attached hydrogen (secondary N) is 2. The van der Waals surface area contributed by atoms with E-state index in [9.17, 15) is 4.79 Å². The van der Waals surface area contributed by atoms with Crippen molar-refractivity contribution < 1.29 is 4.79 Å². The molecule has 3 aromatic heterocycles. The Morgan fingerprint density at radius 1 is 1.40 bits per heavy atom. The van der Waals surface area contributed by atoms with E-state index in [1.807, 2.05) is 29.1 Å². The van der Waals surface area contributed by atoms with Gasteiger partial charge in [0.25, 0.3) is 5.91 Å². The number of aromatic nitrogens is 5. The summed E-state index contributed by atoms with van der Waals surface area (Å²) in [5, 5.41) is 6.97. The quantitative estimate of drug-likeness (QED) is 0.738. The van der Waals surface area contributed by atoms with Crippen molar-refractivity contribution in [3.8, 4) is 5.82 Å². The molecule has 2 N–H and O–H groups in total. The average Bonchev–Trinajstić information content (AvgIpc) is 3.17. The number of hydrogen-bond donors (Lipinski definition) is 2. The van der Waals surface area contributed by atoms with Gasteiger partial charge in [-0.25, -0.2) is 4.98 Å². The lowest BCUT2D eigenvalue weighted by Gasteiger charge is -2.07. The van der Waals surface area contributed by atoms with Crippen molar-refractivity contribution in [1.82, 2.24) is 29.6 Å². The lowest BCUT2D eigenvalue weighted by atomic mass is 10.3. The molecule has 7 heteroatoms. The Labute approximate surface area is 115 Å². The Hall–Kier alpha value is -2.83. The predicted octanol–water partition coefficient (Wildman–Crippen LogP) is 0.864. The van der Waals surface area contributed by atoms with Crippen LogP contribution in [0.15, 0.2) is 43.1 Å². The van der Waals surface area contributed by atoms with Gasteiger partial charge in [-0.2, -0.15) is 5.10 Å². The van der Waals surface area contributed by atoms with Gasteiger partial charge in [0, 0.05) is 31.8 Å². The molecule has 3 aromatic rings. The highest BCUT2D eigenvalue weighted by Crippen LogP contribution is 2.13. The van der Waals surface area contributed by atoms with Gasteiger partial charge in [-0.3, -0.25) is 9.48 Å². The molecule has 0 unspecified atom stereocenters. The number of hydrogen-bond acceptors (Lipinski definition) is 3. The van der Waals surface area contributed by atoms with Crippen molar-refractivity contribution in [1.29, 1.82) is 0 Å². The smallest absolute Gasteiger partial charge is 0.257 e. The number of carbonyl (C=O) groups is 1. The molecule has 0 saturated carbocycles. The third-order valence-electron chi connectivity index (χ3n) is 2.97. The molecule has 0 aliphatic heterocycles. The zero-order chi connectivity index (χ0) is 13.9. The van der Waals surface area contributed by atoms with Crippen LogP contribution in [0.1, 0.15) is 16.2 Å². The minimum Gasteiger partial charge on any atom is -0.347 e. The summed E-state index contributed by atoms with van der Waals surface area (Å²) in [6, 6.07) is 3.80. The lowest BCUT2D eigenvalue weighted by molar-refractivity contribution is 0.0950. The van der Waals surface area contributed by atoms with Crippen LogP contribution in [0.2, 0.25) is 0 Å². The second kappa shape index (κ2) is 5.04. The average molecular weight is 270 g/mol. The van der Waals surface area contributed by atoms with Crippen LogP contribution < -0.4 is 5.32 Å². The number of H-pyrrole nitrogens is 1. The molecule has 3 heterocycles. The molecule has 0 aromatic carbocycles. The molecular weight excluding hydrogens is 256 g/mol. The van der Waals surface area contributed by atoms with Crippen LogP contribution in [-0.4, -0.2) is 30.2 Å². The highest BCUT2D eigenvalue weighted by molar-refractivity contribution is 5.97. The third-order valence-corrected chi connectivity index (χ3v) is 2.97. The van der Waals surface area contributed by atoms with E-state index in [0.29, 0.717) is 17.9 Å². The zero-order valence-electron chi connectivity index (χ0n) is 10.9. The Bertz CT molecular complexity index is 695. The monoisotopic (exact) mass is 270 g/mol. The maximum atomic E-state index is 12.2. The fourth-order valence-electron chi connectivity index (χ4n) is 2.03. The van der Waals surface area contributed by atoms with E-state index in [1.54, 1.807) is 30.3 Å². The summed E-state index contributed by atoms with van der Waals surface area (Å²) in [6.07, 6.45) is 8.68. The SMILES string of the molecule is Cn1ncc(C(=O)NCc2ncc[nH]2)c1-n1cccc1. The number of aryl methyl sites for hydroxylation is 1. The van der Waals surface area contributed by atoms with Crippen LogP contribution >= 0.6 is 0 Å². The fraction of sp³-hybridized carbons (Fsp3) is 0.154. The summed E-state index contributed by atoms with van der Waals surface area (Å²) < 4.78 is 3.52. The molecule has 0 aliphatic rings. The Balaban J connectivity index is 1.82. The summed E-state index contributed by atoms with van der Waals surface area (Å²) in [6.45, 7) is 0.353. The first-order valence-corrected chi connectivity index (χ1v) is 6.17. The Kier molecular flexibility index (Phi) is 3.08. The van der Waals surface area contributed by atoms with Gasteiger partial charge >= 0.3 is 0 Å². The van der Waals surface area contributed by atoms with E-state index in [0.717, 1.165) is 5.82 Å². The number of nitrogens with zero attached hydrogens (tertiary/aromatic N) is 4. The van der Waals surface area contributed by atoms with Gasteiger partial charge in [-0.15, -0.1) is 0 Å². The number of carbonyl (C=O) groups excluding carboxylic acids is 1. The summed E-state index contributed by atoms with van der Waals surface area (Å²) in [4.78, 5) is 19.3. The van der Waals surface area contributed by atoms with E-state index in [2.05, 4.69) is 20.4 Å². The third kappa shape index (κ3) is 2.20. The highest BCUT2D eigenvalue weighted by atomic mass is 16.1. The van der Waals surface area contributed by atoms with Crippen molar-refractivity contribution in [3.63, 3.8) is 0 Å². The predicted molar refractivity (Wildman–Crippen MR) is 72.3 cm³/mol. The van der Waals surface area contributed by atoms with Crippen molar-refractivity contribution in [2.24, 2.45) is 7.05 Å². The molecule has 0 fully saturated rings. The number of imidazole rings is 1.